The molecule has 1 aliphatic rings. The molecule has 1 aliphatic carbocycles. The number of aromatic amines is 1. The number of nitrogens with one attached hydrogen (secondary N) is 1. The third-order valence-electron chi connectivity index (χ3n) is 3.11. The van der Waals surface area contributed by atoms with Crippen LogP contribution >= 0.6 is 0 Å². The molecule has 0 spiro atoms. The van der Waals surface area contributed by atoms with Crippen molar-refractivity contribution in [2.45, 2.75) is 25.7 Å². The highest BCUT2D eigenvalue weighted by molar-refractivity contribution is 5.81. The van der Waals surface area contributed by atoms with Crippen LogP contribution in [-0.4, -0.2) is 4.98 Å². The molecule has 1 fully saturated rings. The summed E-state index contributed by atoms with van der Waals surface area (Å²) in [6, 6.07) is 7.62. The summed E-state index contributed by atoms with van der Waals surface area (Å²) in [6.07, 6.45) is 2.43. The van der Waals surface area contributed by atoms with Crippen LogP contribution in [0.25, 0.3) is 10.9 Å². The van der Waals surface area contributed by atoms with Crippen LogP contribution in [0, 0.1) is 6.92 Å². The topological polar surface area (TPSA) is 32.9 Å². The molecule has 3 rings (SSSR count). The predicted molar refractivity (Wildman–Crippen MR) is 61.3 cm³/mol. The van der Waals surface area contributed by atoms with Crippen LogP contribution in [0.4, 0.5) is 0 Å². The zero-order valence-corrected chi connectivity index (χ0v) is 8.71. The van der Waals surface area contributed by atoms with Gasteiger partial charge in [0, 0.05) is 17.1 Å². The largest absolute Gasteiger partial charge is 0.358 e. The molecule has 2 nitrogen and oxygen atoms in total. The highest BCUT2D eigenvalue weighted by Gasteiger charge is 2.24. The van der Waals surface area contributed by atoms with Crippen LogP contribution in [0.1, 0.15) is 30.0 Å². The Morgan fingerprint density at radius 1 is 1.33 bits per heavy atom. The molecule has 0 aliphatic heterocycles. The Balaban J connectivity index is 2.37. The molecule has 1 aromatic carbocycles. The lowest BCUT2D eigenvalue weighted by atomic mass is 10.1. The normalized spacial score (nSPS) is 15.8. The average Bonchev–Trinajstić information content (AvgIpc) is 3.02. The number of benzene rings is 1. The molecule has 0 saturated heterocycles. The molecule has 0 bridgehead atoms. The molecule has 0 amide bonds. The van der Waals surface area contributed by atoms with E-state index in [2.05, 4.69) is 4.98 Å². The van der Waals surface area contributed by atoms with Gasteiger partial charge in [-0.25, -0.2) is 0 Å². The van der Waals surface area contributed by atoms with Crippen molar-refractivity contribution in [3.63, 3.8) is 0 Å². The van der Waals surface area contributed by atoms with Gasteiger partial charge in [0.05, 0.1) is 5.52 Å². The Hall–Kier alpha value is -1.57. The Morgan fingerprint density at radius 3 is 2.87 bits per heavy atom. The molecule has 1 saturated carbocycles. The maximum Gasteiger partial charge on any atom is 0.189 e. The van der Waals surface area contributed by atoms with Gasteiger partial charge >= 0.3 is 0 Å². The van der Waals surface area contributed by atoms with Crippen LogP contribution in [0.2, 0.25) is 0 Å². The number of fused-ring (bicyclic) bond motifs is 1. The highest BCUT2D eigenvalue weighted by atomic mass is 16.1. The molecular weight excluding hydrogens is 186 g/mol. The monoisotopic (exact) mass is 199 g/mol. The van der Waals surface area contributed by atoms with Crippen LogP contribution in [0.15, 0.2) is 29.1 Å². The minimum absolute atomic E-state index is 0.148. The fourth-order valence-corrected chi connectivity index (χ4v) is 2.05. The van der Waals surface area contributed by atoms with Crippen LogP contribution in [-0.2, 0) is 0 Å². The zero-order valence-electron chi connectivity index (χ0n) is 8.71. The van der Waals surface area contributed by atoms with E-state index in [0.717, 1.165) is 22.2 Å². The van der Waals surface area contributed by atoms with Crippen LogP contribution < -0.4 is 5.43 Å². The lowest BCUT2D eigenvalue weighted by molar-refractivity contribution is 1.04. The molecule has 0 radical (unpaired) electrons. The van der Waals surface area contributed by atoms with E-state index in [1.807, 2.05) is 25.1 Å². The van der Waals surface area contributed by atoms with Crippen molar-refractivity contribution in [3.8, 4) is 0 Å². The second-order valence-corrected chi connectivity index (χ2v) is 4.36. The molecule has 2 aromatic rings. The first-order valence-corrected chi connectivity index (χ1v) is 5.38. The Morgan fingerprint density at radius 2 is 2.13 bits per heavy atom. The molecular formula is C13H13NO. The first-order chi connectivity index (χ1) is 7.25. The highest BCUT2D eigenvalue weighted by Crippen LogP contribution is 2.38. The van der Waals surface area contributed by atoms with Gasteiger partial charge in [0.2, 0.25) is 0 Å². The van der Waals surface area contributed by atoms with Crippen molar-refractivity contribution in [3.05, 3.63) is 45.7 Å². The molecule has 76 valence electrons. The van der Waals surface area contributed by atoms with Crippen molar-refractivity contribution in [1.29, 1.82) is 0 Å². The minimum atomic E-state index is 0.148. The second-order valence-electron chi connectivity index (χ2n) is 4.36. The Labute approximate surface area is 87.9 Å². The van der Waals surface area contributed by atoms with Crippen LogP contribution in [0.3, 0.4) is 0 Å². The summed E-state index contributed by atoms with van der Waals surface area (Å²) in [7, 11) is 0. The van der Waals surface area contributed by atoms with Gasteiger partial charge in [-0.2, -0.15) is 0 Å². The second kappa shape index (κ2) is 2.96. The number of para-hydroxylation sites is 1. The van der Waals surface area contributed by atoms with Gasteiger partial charge in [0.15, 0.2) is 5.43 Å². The Bertz CT molecular complexity index is 579. The third-order valence-corrected chi connectivity index (χ3v) is 3.11. The van der Waals surface area contributed by atoms with Crippen molar-refractivity contribution in [1.82, 2.24) is 4.98 Å². The lowest BCUT2D eigenvalue weighted by Crippen LogP contribution is -2.05. The van der Waals surface area contributed by atoms with Crippen molar-refractivity contribution in [2.24, 2.45) is 0 Å². The predicted octanol–water partition coefficient (Wildman–Crippen LogP) is 2.71. The molecule has 1 N–H and O–H groups in total. The van der Waals surface area contributed by atoms with E-state index in [-0.39, 0.29) is 5.43 Å². The maximum atomic E-state index is 11.9. The van der Waals surface area contributed by atoms with Crippen molar-refractivity contribution < 1.29 is 0 Å². The first-order valence-electron chi connectivity index (χ1n) is 5.38. The van der Waals surface area contributed by atoms with Gasteiger partial charge in [-0.3, -0.25) is 4.79 Å². The van der Waals surface area contributed by atoms with Gasteiger partial charge in [-0.1, -0.05) is 12.1 Å². The number of rotatable bonds is 1. The number of hydrogen-bond acceptors (Lipinski definition) is 1. The SMILES string of the molecule is Cc1cccc2c(=O)cc(C3CC3)[nH]c12. The summed E-state index contributed by atoms with van der Waals surface area (Å²) in [4.78, 5) is 15.3. The first kappa shape index (κ1) is 8.72. The number of aryl methyl sites for hydroxylation is 1. The molecule has 2 heteroatoms. The number of pyridine rings is 1. The molecule has 15 heavy (non-hydrogen) atoms. The van der Waals surface area contributed by atoms with E-state index < -0.39 is 0 Å². The van der Waals surface area contributed by atoms with Gasteiger partial charge < -0.3 is 4.98 Å². The molecule has 1 aromatic heterocycles. The summed E-state index contributed by atoms with van der Waals surface area (Å²) in [5.41, 5.74) is 3.41. The third kappa shape index (κ3) is 1.37. The fourth-order valence-electron chi connectivity index (χ4n) is 2.05. The Kier molecular flexibility index (Phi) is 1.72. The summed E-state index contributed by atoms with van der Waals surface area (Å²) in [5.74, 6) is 0.599. The number of aromatic nitrogens is 1. The van der Waals surface area contributed by atoms with E-state index in [4.69, 9.17) is 0 Å². The summed E-state index contributed by atoms with van der Waals surface area (Å²) in [5, 5.41) is 0.805. The maximum absolute atomic E-state index is 11.9. The minimum Gasteiger partial charge on any atom is -0.358 e. The average molecular weight is 199 g/mol. The van der Waals surface area contributed by atoms with E-state index in [1.54, 1.807) is 6.07 Å². The van der Waals surface area contributed by atoms with Crippen LogP contribution in [0.5, 0.6) is 0 Å². The van der Waals surface area contributed by atoms with E-state index in [0.29, 0.717) is 5.92 Å². The van der Waals surface area contributed by atoms with Gasteiger partial charge in [0.25, 0.3) is 0 Å². The smallest absolute Gasteiger partial charge is 0.189 e. The summed E-state index contributed by atoms with van der Waals surface area (Å²) in [6.45, 7) is 2.04. The lowest BCUT2D eigenvalue weighted by Gasteiger charge is -2.04. The molecule has 0 atom stereocenters. The summed E-state index contributed by atoms with van der Waals surface area (Å²) < 4.78 is 0. The zero-order chi connectivity index (χ0) is 10.4. The standard InChI is InChI=1S/C13H13NO/c1-8-3-2-4-10-12(15)7-11(9-5-6-9)14-13(8)10/h2-4,7,9H,5-6H2,1H3,(H,14,15). The van der Waals surface area contributed by atoms with E-state index in [9.17, 15) is 4.79 Å². The quantitative estimate of drug-likeness (QED) is 0.752. The molecule has 1 heterocycles. The van der Waals surface area contributed by atoms with Gasteiger partial charge in [-0.05, 0) is 37.3 Å². The number of hydrogen-bond donors (Lipinski definition) is 1. The van der Waals surface area contributed by atoms with E-state index in [1.165, 1.54) is 12.8 Å². The van der Waals surface area contributed by atoms with Gasteiger partial charge in [0.1, 0.15) is 0 Å². The summed E-state index contributed by atoms with van der Waals surface area (Å²) >= 11 is 0. The molecule has 0 unspecified atom stereocenters. The van der Waals surface area contributed by atoms with Crippen molar-refractivity contribution >= 4 is 10.9 Å². The van der Waals surface area contributed by atoms with E-state index >= 15 is 0 Å². The fraction of sp³-hybridized carbons (Fsp3) is 0.308. The number of H-pyrrole nitrogens is 1. The van der Waals surface area contributed by atoms with Crippen molar-refractivity contribution in [2.75, 3.05) is 0 Å². The van der Waals surface area contributed by atoms with Gasteiger partial charge in [-0.15, -0.1) is 0 Å².